The smallest absolute Gasteiger partial charge is 0.413 e. The van der Waals surface area contributed by atoms with E-state index in [1.165, 1.54) is 0 Å². The Bertz CT molecular complexity index is 668. The van der Waals surface area contributed by atoms with Gasteiger partial charge in [0.25, 0.3) is 0 Å². The average Bonchev–Trinajstić information content (AvgIpc) is 2.97. The van der Waals surface area contributed by atoms with Crippen molar-refractivity contribution in [2.24, 2.45) is 14.1 Å². The summed E-state index contributed by atoms with van der Waals surface area (Å²) in [7, 11) is 3.72. The molecule has 0 bridgehead atoms. The highest BCUT2D eigenvalue weighted by molar-refractivity contribution is 5.84. The highest BCUT2D eigenvalue weighted by Gasteiger charge is 2.19. The van der Waals surface area contributed by atoms with Gasteiger partial charge < -0.3 is 14.6 Å². The van der Waals surface area contributed by atoms with Gasteiger partial charge in [0.05, 0.1) is 12.7 Å². The van der Waals surface area contributed by atoms with E-state index in [9.17, 15) is 4.79 Å². The predicted octanol–water partition coefficient (Wildman–Crippen LogP) is 1.79. The molecule has 0 unspecified atom stereocenters. The molecule has 0 saturated carbocycles. The first kappa shape index (κ1) is 17.0. The highest BCUT2D eigenvalue weighted by Crippen LogP contribution is 2.16. The van der Waals surface area contributed by atoms with Crippen LogP contribution >= 0.6 is 0 Å². The largest absolute Gasteiger partial charge is 0.444 e. The van der Waals surface area contributed by atoms with E-state index >= 15 is 0 Å². The Morgan fingerprint density at radius 1 is 1.30 bits per heavy atom. The van der Waals surface area contributed by atoms with Crippen molar-refractivity contribution in [3.63, 3.8) is 0 Å². The minimum Gasteiger partial charge on any atom is -0.444 e. The second kappa shape index (κ2) is 6.82. The van der Waals surface area contributed by atoms with Crippen LogP contribution in [-0.2, 0) is 31.9 Å². The molecule has 2 heterocycles. The topological polar surface area (TPSA) is 86.0 Å². The first-order valence-corrected chi connectivity index (χ1v) is 7.44. The van der Waals surface area contributed by atoms with Crippen molar-refractivity contribution in [3.05, 3.63) is 30.0 Å². The van der Waals surface area contributed by atoms with Gasteiger partial charge in [0.15, 0.2) is 0 Å². The first-order chi connectivity index (χ1) is 10.8. The van der Waals surface area contributed by atoms with Crippen LogP contribution in [0.5, 0.6) is 0 Å². The molecule has 23 heavy (non-hydrogen) atoms. The molecule has 2 aromatic rings. The Morgan fingerprint density at radius 3 is 2.65 bits per heavy atom. The number of aryl methyl sites for hydroxylation is 2. The van der Waals surface area contributed by atoms with E-state index in [4.69, 9.17) is 4.74 Å². The van der Waals surface area contributed by atoms with E-state index in [2.05, 4.69) is 20.7 Å². The standard InChI is InChI=1S/C15H24N6O2/c1-15(2,3)23-14(22)19-13-11(9-18-21(13)5)8-16-10-12-17-6-7-20(12)4/h6-7,9,16H,8,10H2,1-5H3,(H,19,22). The van der Waals surface area contributed by atoms with Gasteiger partial charge in [0.2, 0.25) is 0 Å². The SMILES string of the molecule is Cn1ccnc1CNCc1cnn(C)c1NC(=O)OC(C)(C)C. The number of carbonyl (C=O) groups is 1. The van der Waals surface area contributed by atoms with E-state index in [0.29, 0.717) is 18.9 Å². The summed E-state index contributed by atoms with van der Waals surface area (Å²) in [5.74, 6) is 1.56. The molecule has 2 N–H and O–H groups in total. The second-order valence-electron chi connectivity index (χ2n) is 6.33. The molecule has 0 fully saturated rings. The molecule has 0 aliphatic rings. The molecule has 8 heteroatoms. The zero-order chi connectivity index (χ0) is 17.0. The normalized spacial score (nSPS) is 11.5. The average molecular weight is 320 g/mol. The fourth-order valence-corrected chi connectivity index (χ4v) is 2.05. The molecule has 1 amide bonds. The number of aromatic nitrogens is 4. The Labute approximate surface area is 135 Å². The number of carbonyl (C=O) groups excluding carboxylic acids is 1. The van der Waals surface area contributed by atoms with E-state index in [1.54, 1.807) is 24.1 Å². The van der Waals surface area contributed by atoms with Gasteiger partial charge in [0, 0.05) is 38.6 Å². The number of rotatable bonds is 5. The maximum absolute atomic E-state index is 11.9. The summed E-state index contributed by atoms with van der Waals surface area (Å²) in [5, 5.41) is 10.2. The van der Waals surface area contributed by atoms with E-state index in [-0.39, 0.29) is 0 Å². The maximum Gasteiger partial charge on any atom is 0.413 e. The van der Waals surface area contributed by atoms with E-state index < -0.39 is 11.7 Å². The zero-order valence-electron chi connectivity index (χ0n) is 14.3. The third-order valence-electron chi connectivity index (χ3n) is 3.15. The molecular formula is C15H24N6O2. The maximum atomic E-state index is 11.9. The van der Waals surface area contributed by atoms with Crippen LogP contribution < -0.4 is 10.6 Å². The van der Waals surface area contributed by atoms with Gasteiger partial charge >= 0.3 is 6.09 Å². The molecule has 0 spiro atoms. The monoisotopic (exact) mass is 320 g/mol. The molecule has 0 atom stereocenters. The lowest BCUT2D eigenvalue weighted by Gasteiger charge is -2.20. The molecule has 126 valence electrons. The van der Waals surface area contributed by atoms with Crippen molar-refractivity contribution < 1.29 is 9.53 Å². The summed E-state index contributed by atoms with van der Waals surface area (Å²) in [6.45, 7) is 6.66. The van der Waals surface area contributed by atoms with Crippen molar-refractivity contribution >= 4 is 11.9 Å². The van der Waals surface area contributed by atoms with Gasteiger partial charge in [-0.25, -0.2) is 9.78 Å². The predicted molar refractivity (Wildman–Crippen MR) is 86.8 cm³/mol. The highest BCUT2D eigenvalue weighted by atomic mass is 16.6. The second-order valence-corrected chi connectivity index (χ2v) is 6.33. The molecule has 2 rings (SSSR count). The van der Waals surface area contributed by atoms with Crippen LogP contribution in [0.1, 0.15) is 32.2 Å². The van der Waals surface area contributed by atoms with Crippen molar-refractivity contribution in [1.82, 2.24) is 24.6 Å². The van der Waals surface area contributed by atoms with Gasteiger partial charge in [0.1, 0.15) is 17.2 Å². The molecule has 0 aliphatic carbocycles. The minimum atomic E-state index is -0.542. The number of hydrogen-bond acceptors (Lipinski definition) is 5. The fraction of sp³-hybridized carbons (Fsp3) is 0.533. The third-order valence-corrected chi connectivity index (χ3v) is 3.15. The zero-order valence-corrected chi connectivity index (χ0v) is 14.3. The number of ether oxygens (including phenoxy) is 1. The van der Waals surface area contributed by atoms with Gasteiger partial charge in [-0.15, -0.1) is 0 Å². The van der Waals surface area contributed by atoms with Crippen LogP contribution in [0.2, 0.25) is 0 Å². The van der Waals surface area contributed by atoms with Crippen LogP contribution in [0, 0.1) is 0 Å². The number of nitrogens with zero attached hydrogens (tertiary/aromatic N) is 4. The number of nitrogens with one attached hydrogen (secondary N) is 2. The molecule has 0 aliphatic heterocycles. The van der Waals surface area contributed by atoms with Crippen LogP contribution in [0.25, 0.3) is 0 Å². The number of imidazole rings is 1. The molecule has 0 aromatic carbocycles. The first-order valence-electron chi connectivity index (χ1n) is 7.44. The lowest BCUT2D eigenvalue weighted by atomic mass is 10.2. The van der Waals surface area contributed by atoms with Gasteiger partial charge in [-0.05, 0) is 20.8 Å². The summed E-state index contributed by atoms with van der Waals surface area (Å²) in [6, 6.07) is 0. The summed E-state index contributed by atoms with van der Waals surface area (Å²) < 4.78 is 8.84. The van der Waals surface area contributed by atoms with Crippen LogP contribution in [0.4, 0.5) is 10.6 Å². The Balaban J connectivity index is 1.95. The van der Waals surface area contributed by atoms with Crippen molar-refractivity contribution in [2.45, 2.75) is 39.5 Å². The Kier molecular flexibility index (Phi) is 5.05. The summed E-state index contributed by atoms with van der Waals surface area (Å²) >= 11 is 0. The number of amides is 1. The summed E-state index contributed by atoms with van der Waals surface area (Å²) in [5.41, 5.74) is 0.340. The lowest BCUT2D eigenvalue weighted by Crippen LogP contribution is -2.28. The van der Waals surface area contributed by atoms with E-state index in [0.717, 1.165) is 11.4 Å². The number of anilines is 1. The van der Waals surface area contributed by atoms with Gasteiger partial charge in [-0.2, -0.15) is 5.10 Å². The van der Waals surface area contributed by atoms with Crippen LogP contribution in [-0.4, -0.2) is 31.0 Å². The number of hydrogen-bond donors (Lipinski definition) is 2. The summed E-state index contributed by atoms with van der Waals surface area (Å²) in [4.78, 5) is 16.2. The third kappa shape index (κ3) is 4.82. The van der Waals surface area contributed by atoms with Crippen molar-refractivity contribution in [1.29, 1.82) is 0 Å². The van der Waals surface area contributed by atoms with Crippen LogP contribution in [0.3, 0.4) is 0 Å². The minimum absolute atomic E-state index is 0.494. The lowest BCUT2D eigenvalue weighted by molar-refractivity contribution is 0.0634. The summed E-state index contributed by atoms with van der Waals surface area (Å²) in [6.07, 6.45) is 4.89. The van der Waals surface area contributed by atoms with Gasteiger partial charge in [-0.3, -0.25) is 10.00 Å². The molecule has 0 radical (unpaired) electrons. The van der Waals surface area contributed by atoms with Gasteiger partial charge in [-0.1, -0.05) is 0 Å². The molecule has 2 aromatic heterocycles. The van der Waals surface area contributed by atoms with Crippen molar-refractivity contribution in [3.8, 4) is 0 Å². The van der Waals surface area contributed by atoms with Crippen molar-refractivity contribution in [2.75, 3.05) is 5.32 Å². The Hall–Kier alpha value is -2.35. The quantitative estimate of drug-likeness (QED) is 0.877. The van der Waals surface area contributed by atoms with Crippen LogP contribution in [0.15, 0.2) is 18.6 Å². The molecule has 0 saturated heterocycles. The van der Waals surface area contributed by atoms with E-state index in [1.807, 2.05) is 38.6 Å². The molecule has 8 nitrogen and oxygen atoms in total. The Morgan fingerprint density at radius 2 is 2.04 bits per heavy atom. The fourth-order valence-electron chi connectivity index (χ4n) is 2.05. The molecular weight excluding hydrogens is 296 g/mol.